The van der Waals surface area contributed by atoms with Gasteiger partial charge in [-0.1, -0.05) is 37.5 Å². The summed E-state index contributed by atoms with van der Waals surface area (Å²) < 4.78 is 10.4. The van der Waals surface area contributed by atoms with Crippen LogP contribution in [0.5, 0.6) is 5.75 Å². The Kier molecular flexibility index (Phi) is 4.78. The third kappa shape index (κ3) is 3.12. The Morgan fingerprint density at radius 1 is 1.12 bits per heavy atom. The quantitative estimate of drug-likeness (QED) is 0.843. The molecule has 0 unspecified atom stereocenters. The summed E-state index contributed by atoms with van der Waals surface area (Å²) in [6.45, 7) is 0. The molecule has 1 aromatic carbocycles. The van der Waals surface area contributed by atoms with Crippen molar-refractivity contribution in [3.8, 4) is 5.75 Å². The fourth-order valence-corrected chi connectivity index (χ4v) is 3.86. The number of para-hydroxylation sites is 1. The van der Waals surface area contributed by atoms with Crippen molar-refractivity contribution in [2.75, 3.05) is 14.2 Å². The average Bonchev–Trinajstić information content (AvgIpc) is 3.42. The number of rotatable bonds is 5. The van der Waals surface area contributed by atoms with Crippen LogP contribution in [0, 0.1) is 5.92 Å². The highest BCUT2D eigenvalue weighted by Gasteiger charge is 2.49. The molecule has 0 bridgehead atoms. The molecule has 0 saturated heterocycles. The molecule has 1 amide bonds. The molecule has 1 N–H and O–H groups in total. The first-order valence-electron chi connectivity index (χ1n) is 8.64. The third-order valence-corrected chi connectivity index (χ3v) is 5.31. The van der Waals surface area contributed by atoms with Crippen LogP contribution in [0.25, 0.3) is 0 Å². The highest BCUT2D eigenvalue weighted by atomic mass is 16.5. The molecule has 0 heterocycles. The number of amides is 1. The highest BCUT2D eigenvalue weighted by molar-refractivity contribution is 5.91. The van der Waals surface area contributed by atoms with Crippen molar-refractivity contribution in [1.82, 2.24) is 5.32 Å². The second-order valence-electron chi connectivity index (χ2n) is 6.81. The maximum atomic E-state index is 12.7. The Bertz CT molecular complexity index is 622. The van der Waals surface area contributed by atoms with Crippen LogP contribution in [0.3, 0.4) is 0 Å². The summed E-state index contributed by atoms with van der Waals surface area (Å²) in [7, 11) is 3.03. The molecule has 3 rings (SSSR count). The summed E-state index contributed by atoms with van der Waals surface area (Å²) in [5, 5.41) is 3.03. The van der Waals surface area contributed by atoms with Crippen molar-refractivity contribution in [2.24, 2.45) is 5.92 Å². The molecule has 0 radical (unpaired) electrons. The molecule has 0 aliphatic heterocycles. The van der Waals surface area contributed by atoms with Crippen molar-refractivity contribution >= 4 is 11.9 Å². The number of carbonyl (C=O) groups excluding carboxylic acids is 2. The summed E-state index contributed by atoms with van der Waals surface area (Å²) in [5.74, 6) is 0.533. The smallest absolute Gasteiger partial charge is 0.331 e. The van der Waals surface area contributed by atoms with Crippen molar-refractivity contribution < 1.29 is 19.1 Å². The zero-order valence-electron chi connectivity index (χ0n) is 14.3. The van der Waals surface area contributed by atoms with Gasteiger partial charge in [0.2, 0.25) is 5.91 Å². The van der Waals surface area contributed by atoms with E-state index in [1.807, 2.05) is 24.3 Å². The van der Waals surface area contributed by atoms with Crippen LogP contribution in [0.4, 0.5) is 0 Å². The zero-order valence-corrected chi connectivity index (χ0v) is 14.3. The lowest BCUT2D eigenvalue weighted by molar-refractivity contribution is -0.152. The van der Waals surface area contributed by atoms with Gasteiger partial charge in [-0.3, -0.25) is 4.79 Å². The first-order chi connectivity index (χ1) is 11.6. The normalized spacial score (nSPS) is 24.8. The van der Waals surface area contributed by atoms with Crippen LogP contribution in [0.2, 0.25) is 0 Å². The van der Waals surface area contributed by atoms with Crippen LogP contribution < -0.4 is 10.1 Å². The molecule has 2 saturated carbocycles. The highest BCUT2D eigenvalue weighted by Crippen LogP contribution is 2.50. The summed E-state index contributed by atoms with van der Waals surface area (Å²) in [5.41, 5.74) is 0.230. The predicted octanol–water partition coefficient (Wildman–Crippen LogP) is 2.79. The predicted molar refractivity (Wildman–Crippen MR) is 89.8 cm³/mol. The number of methoxy groups -OCH3 is 2. The summed E-state index contributed by atoms with van der Waals surface area (Å²) in [4.78, 5) is 25.0. The summed E-state index contributed by atoms with van der Waals surface area (Å²) in [6, 6.07) is 7.81. The minimum absolute atomic E-state index is 0.0433. The molecule has 0 aromatic heterocycles. The second kappa shape index (κ2) is 6.83. The first-order valence-corrected chi connectivity index (χ1v) is 8.64. The number of hydrogen-bond acceptors (Lipinski definition) is 4. The molecule has 2 atom stereocenters. The van der Waals surface area contributed by atoms with Crippen LogP contribution in [-0.4, -0.2) is 31.6 Å². The number of esters is 1. The van der Waals surface area contributed by atoms with Gasteiger partial charge in [0.15, 0.2) is 0 Å². The number of ether oxygens (including phenoxy) is 2. The van der Waals surface area contributed by atoms with Crippen molar-refractivity contribution in [2.45, 2.75) is 50.0 Å². The SMILES string of the molecule is COC(=O)C1(NC(=O)[C@H]2C[C@@H]2c2ccccc2OC)CCCCC1. The Balaban J connectivity index is 1.70. The van der Waals surface area contributed by atoms with Gasteiger partial charge in [0.1, 0.15) is 11.3 Å². The molecule has 0 spiro atoms. The maximum absolute atomic E-state index is 12.7. The lowest BCUT2D eigenvalue weighted by Crippen LogP contribution is -2.56. The van der Waals surface area contributed by atoms with Gasteiger partial charge >= 0.3 is 5.97 Å². The van der Waals surface area contributed by atoms with E-state index in [9.17, 15) is 9.59 Å². The molecule has 2 fully saturated rings. The van der Waals surface area contributed by atoms with E-state index in [2.05, 4.69) is 5.32 Å². The van der Waals surface area contributed by atoms with E-state index in [0.29, 0.717) is 12.8 Å². The van der Waals surface area contributed by atoms with E-state index in [0.717, 1.165) is 37.0 Å². The molecular weight excluding hydrogens is 306 g/mol. The Morgan fingerprint density at radius 2 is 1.83 bits per heavy atom. The molecule has 1 aromatic rings. The van der Waals surface area contributed by atoms with Gasteiger partial charge in [-0.05, 0) is 36.8 Å². The Labute approximate surface area is 142 Å². The zero-order chi connectivity index (χ0) is 17.2. The first kappa shape index (κ1) is 16.8. The monoisotopic (exact) mass is 331 g/mol. The summed E-state index contributed by atoms with van der Waals surface area (Å²) >= 11 is 0. The third-order valence-electron chi connectivity index (χ3n) is 5.31. The molecule has 2 aliphatic rings. The summed E-state index contributed by atoms with van der Waals surface area (Å²) in [6.07, 6.45) is 5.10. The number of nitrogens with one attached hydrogen (secondary N) is 1. The molecule has 130 valence electrons. The molecule has 5 heteroatoms. The number of benzene rings is 1. The van der Waals surface area contributed by atoms with Gasteiger partial charge in [-0.15, -0.1) is 0 Å². The van der Waals surface area contributed by atoms with Gasteiger partial charge in [0, 0.05) is 5.92 Å². The topological polar surface area (TPSA) is 64.6 Å². The van der Waals surface area contributed by atoms with E-state index in [1.165, 1.54) is 7.11 Å². The van der Waals surface area contributed by atoms with E-state index >= 15 is 0 Å². The molecule has 2 aliphatic carbocycles. The van der Waals surface area contributed by atoms with E-state index in [1.54, 1.807) is 7.11 Å². The van der Waals surface area contributed by atoms with Crippen LogP contribution >= 0.6 is 0 Å². The van der Waals surface area contributed by atoms with Gasteiger partial charge < -0.3 is 14.8 Å². The van der Waals surface area contributed by atoms with E-state index < -0.39 is 5.54 Å². The largest absolute Gasteiger partial charge is 0.496 e. The van der Waals surface area contributed by atoms with E-state index in [4.69, 9.17) is 9.47 Å². The van der Waals surface area contributed by atoms with Crippen molar-refractivity contribution in [1.29, 1.82) is 0 Å². The van der Waals surface area contributed by atoms with Crippen molar-refractivity contribution in [3.05, 3.63) is 29.8 Å². The maximum Gasteiger partial charge on any atom is 0.331 e. The van der Waals surface area contributed by atoms with Gasteiger partial charge in [0.25, 0.3) is 0 Å². The fraction of sp³-hybridized carbons (Fsp3) is 0.579. The standard InChI is InChI=1S/C19H25NO4/c1-23-16-9-5-4-8-13(16)14-12-15(14)17(21)20-19(18(22)24-2)10-6-3-7-11-19/h4-5,8-9,14-15H,3,6-7,10-12H2,1-2H3,(H,20,21)/t14-,15+/m1/s1. The lowest BCUT2D eigenvalue weighted by atomic mass is 9.81. The average molecular weight is 331 g/mol. The lowest BCUT2D eigenvalue weighted by Gasteiger charge is -2.35. The molecule has 24 heavy (non-hydrogen) atoms. The molecular formula is C19H25NO4. The number of hydrogen-bond donors (Lipinski definition) is 1. The Hall–Kier alpha value is -2.04. The second-order valence-corrected chi connectivity index (χ2v) is 6.81. The van der Waals surface area contributed by atoms with Crippen LogP contribution in [0.1, 0.15) is 50.0 Å². The van der Waals surface area contributed by atoms with Crippen LogP contribution in [0.15, 0.2) is 24.3 Å². The number of carbonyl (C=O) groups is 2. The fourth-order valence-electron chi connectivity index (χ4n) is 3.86. The minimum atomic E-state index is -0.835. The molecule has 5 nitrogen and oxygen atoms in total. The minimum Gasteiger partial charge on any atom is -0.496 e. The van der Waals surface area contributed by atoms with Gasteiger partial charge in [0.05, 0.1) is 14.2 Å². The van der Waals surface area contributed by atoms with Crippen LogP contribution in [-0.2, 0) is 14.3 Å². The Morgan fingerprint density at radius 3 is 2.50 bits per heavy atom. The van der Waals surface area contributed by atoms with Crippen molar-refractivity contribution in [3.63, 3.8) is 0 Å². The van der Waals surface area contributed by atoms with Gasteiger partial charge in [-0.25, -0.2) is 4.79 Å². The van der Waals surface area contributed by atoms with Gasteiger partial charge in [-0.2, -0.15) is 0 Å². The van der Waals surface area contributed by atoms with E-state index in [-0.39, 0.29) is 23.7 Å².